The molecule has 0 amide bonds. The maximum absolute atomic E-state index is 4.24. The molecule has 0 saturated heterocycles. The zero-order chi connectivity index (χ0) is 8.39. The number of nitrogens with zero attached hydrogens (tertiary/aromatic N) is 3. The quantitative estimate of drug-likeness (QED) is 0.623. The molecule has 60 valence electrons. The van der Waals surface area contributed by atoms with Gasteiger partial charge in [-0.1, -0.05) is 6.08 Å². The fourth-order valence-corrected chi connectivity index (χ4v) is 1.13. The standard InChI is InChI=1S/C9H9N3/c1-2-6-12-7-8-4-3-5-10-9(8)11-12/h2-5,7H,1,6H2. The van der Waals surface area contributed by atoms with Crippen LogP contribution in [-0.4, -0.2) is 14.8 Å². The van der Waals surface area contributed by atoms with Crippen molar-refractivity contribution in [2.24, 2.45) is 0 Å². The Morgan fingerprint density at radius 1 is 1.58 bits per heavy atom. The van der Waals surface area contributed by atoms with Gasteiger partial charge in [-0.2, -0.15) is 5.10 Å². The molecule has 2 aromatic heterocycles. The Balaban J connectivity index is 2.54. The second-order valence-corrected chi connectivity index (χ2v) is 2.56. The lowest BCUT2D eigenvalue weighted by molar-refractivity contribution is 0.709. The van der Waals surface area contributed by atoms with Crippen LogP contribution in [0.4, 0.5) is 0 Å². The normalized spacial score (nSPS) is 10.3. The summed E-state index contributed by atoms with van der Waals surface area (Å²) < 4.78 is 1.82. The predicted octanol–water partition coefficient (Wildman–Crippen LogP) is 1.62. The molecule has 12 heavy (non-hydrogen) atoms. The minimum absolute atomic E-state index is 0.733. The lowest BCUT2D eigenvalue weighted by Crippen LogP contribution is -1.93. The van der Waals surface area contributed by atoms with E-state index in [9.17, 15) is 0 Å². The van der Waals surface area contributed by atoms with Crippen LogP contribution in [0.2, 0.25) is 0 Å². The first-order valence-corrected chi connectivity index (χ1v) is 3.79. The van der Waals surface area contributed by atoms with Crippen molar-refractivity contribution in [3.05, 3.63) is 37.2 Å². The van der Waals surface area contributed by atoms with Gasteiger partial charge >= 0.3 is 0 Å². The van der Waals surface area contributed by atoms with Crippen molar-refractivity contribution < 1.29 is 0 Å². The van der Waals surface area contributed by atoms with Crippen molar-refractivity contribution in [1.29, 1.82) is 0 Å². The molecule has 0 aliphatic rings. The van der Waals surface area contributed by atoms with Gasteiger partial charge in [-0.05, 0) is 12.1 Å². The monoisotopic (exact) mass is 159 g/mol. The zero-order valence-electron chi connectivity index (χ0n) is 6.64. The molecular weight excluding hydrogens is 150 g/mol. The van der Waals surface area contributed by atoms with E-state index in [4.69, 9.17) is 0 Å². The molecule has 0 bridgehead atoms. The van der Waals surface area contributed by atoms with Gasteiger partial charge in [0.2, 0.25) is 0 Å². The fraction of sp³-hybridized carbons (Fsp3) is 0.111. The lowest BCUT2D eigenvalue weighted by atomic mass is 10.4. The Bertz CT molecular complexity index is 370. The van der Waals surface area contributed by atoms with Crippen molar-refractivity contribution in [1.82, 2.24) is 14.8 Å². The molecule has 0 radical (unpaired) electrons. The summed E-state index contributed by atoms with van der Waals surface area (Å²) in [5.74, 6) is 0. The summed E-state index contributed by atoms with van der Waals surface area (Å²) >= 11 is 0. The van der Waals surface area contributed by atoms with Gasteiger partial charge in [0.25, 0.3) is 0 Å². The van der Waals surface area contributed by atoms with Gasteiger partial charge in [0.05, 0.1) is 6.54 Å². The Kier molecular flexibility index (Phi) is 1.63. The summed E-state index contributed by atoms with van der Waals surface area (Å²) in [6.45, 7) is 4.38. The summed E-state index contributed by atoms with van der Waals surface area (Å²) in [5.41, 5.74) is 0.791. The van der Waals surface area contributed by atoms with Gasteiger partial charge in [0.1, 0.15) is 0 Å². The van der Waals surface area contributed by atoms with Crippen LogP contribution in [0.5, 0.6) is 0 Å². The van der Waals surface area contributed by atoms with E-state index in [2.05, 4.69) is 16.7 Å². The van der Waals surface area contributed by atoms with Crippen molar-refractivity contribution in [2.45, 2.75) is 6.54 Å². The van der Waals surface area contributed by atoms with Gasteiger partial charge in [-0.25, -0.2) is 4.98 Å². The summed E-state index contributed by atoms with van der Waals surface area (Å²) in [7, 11) is 0. The van der Waals surface area contributed by atoms with E-state index in [0.717, 1.165) is 17.6 Å². The van der Waals surface area contributed by atoms with Crippen molar-refractivity contribution in [3.8, 4) is 0 Å². The number of rotatable bonds is 2. The van der Waals surface area contributed by atoms with Crippen molar-refractivity contribution >= 4 is 11.0 Å². The smallest absolute Gasteiger partial charge is 0.181 e. The van der Waals surface area contributed by atoms with Crippen LogP contribution in [0, 0.1) is 0 Å². The molecule has 0 unspecified atom stereocenters. The third-order valence-electron chi connectivity index (χ3n) is 1.64. The van der Waals surface area contributed by atoms with Gasteiger partial charge < -0.3 is 0 Å². The number of allylic oxidation sites excluding steroid dienone is 1. The fourth-order valence-electron chi connectivity index (χ4n) is 1.13. The minimum Gasteiger partial charge on any atom is -0.266 e. The second kappa shape index (κ2) is 2.77. The molecule has 0 fully saturated rings. The second-order valence-electron chi connectivity index (χ2n) is 2.56. The predicted molar refractivity (Wildman–Crippen MR) is 47.7 cm³/mol. The van der Waals surface area contributed by atoms with Crippen LogP contribution in [0.3, 0.4) is 0 Å². The average Bonchev–Trinajstić information content (AvgIpc) is 2.47. The van der Waals surface area contributed by atoms with E-state index in [-0.39, 0.29) is 0 Å². The van der Waals surface area contributed by atoms with E-state index in [1.165, 1.54) is 0 Å². The van der Waals surface area contributed by atoms with Crippen molar-refractivity contribution in [2.75, 3.05) is 0 Å². The zero-order valence-corrected chi connectivity index (χ0v) is 6.64. The van der Waals surface area contributed by atoms with Gasteiger partial charge in [0.15, 0.2) is 5.65 Å². The Labute approximate surface area is 70.3 Å². The third-order valence-corrected chi connectivity index (χ3v) is 1.64. The van der Waals surface area contributed by atoms with Crippen LogP contribution in [0.25, 0.3) is 11.0 Å². The SMILES string of the molecule is C=CCn1cc2cccnc2n1. The third kappa shape index (κ3) is 1.09. The van der Waals surface area contributed by atoms with Crippen LogP contribution < -0.4 is 0 Å². The highest BCUT2D eigenvalue weighted by Gasteiger charge is 1.97. The Hall–Kier alpha value is -1.64. The molecule has 2 heterocycles. The van der Waals surface area contributed by atoms with Gasteiger partial charge in [0, 0.05) is 17.8 Å². The topological polar surface area (TPSA) is 30.7 Å². The minimum atomic E-state index is 0.733. The number of hydrogen-bond donors (Lipinski definition) is 0. The van der Waals surface area contributed by atoms with Gasteiger partial charge in [-0.15, -0.1) is 6.58 Å². The Morgan fingerprint density at radius 3 is 3.25 bits per heavy atom. The van der Waals surface area contributed by atoms with Crippen LogP contribution in [-0.2, 0) is 6.54 Å². The number of fused-ring (bicyclic) bond motifs is 1. The van der Waals surface area contributed by atoms with Crippen molar-refractivity contribution in [3.63, 3.8) is 0 Å². The number of pyridine rings is 1. The lowest BCUT2D eigenvalue weighted by Gasteiger charge is -1.89. The maximum Gasteiger partial charge on any atom is 0.181 e. The molecule has 0 aliphatic carbocycles. The Morgan fingerprint density at radius 2 is 2.50 bits per heavy atom. The molecule has 2 rings (SSSR count). The van der Waals surface area contributed by atoms with Crippen LogP contribution in [0.15, 0.2) is 37.2 Å². The molecule has 0 aromatic carbocycles. The van der Waals surface area contributed by atoms with Crippen LogP contribution in [0.1, 0.15) is 0 Å². The molecule has 0 spiro atoms. The highest BCUT2D eigenvalue weighted by molar-refractivity contribution is 5.73. The van der Waals surface area contributed by atoms with E-state index < -0.39 is 0 Å². The summed E-state index contributed by atoms with van der Waals surface area (Å²) in [6, 6.07) is 3.90. The summed E-state index contributed by atoms with van der Waals surface area (Å²) in [5, 5.41) is 5.31. The largest absolute Gasteiger partial charge is 0.266 e. The summed E-state index contributed by atoms with van der Waals surface area (Å²) in [4.78, 5) is 4.12. The molecule has 3 heteroatoms. The van der Waals surface area contributed by atoms with E-state index in [0.29, 0.717) is 0 Å². The highest BCUT2D eigenvalue weighted by atomic mass is 15.3. The average molecular weight is 159 g/mol. The molecule has 0 N–H and O–H groups in total. The maximum atomic E-state index is 4.24. The number of hydrogen-bond acceptors (Lipinski definition) is 2. The van der Waals surface area contributed by atoms with Gasteiger partial charge in [-0.3, -0.25) is 4.68 Å². The van der Waals surface area contributed by atoms with E-state index in [1.54, 1.807) is 6.20 Å². The first-order chi connectivity index (χ1) is 5.90. The first-order valence-electron chi connectivity index (χ1n) is 3.79. The highest BCUT2D eigenvalue weighted by Crippen LogP contribution is 2.07. The van der Waals surface area contributed by atoms with E-state index >= 15 is 0 Å². The molecule has 0 aliphatic heterocycles. The molecule has 0 atom stereocenters. The van der Waals surface area contributed by atoms with Crippen LogP contribution >= 0.6 is 0 Å². The molecular formula is C9H9N3. The molecule has 3 nitrogen and oxygen atoms in total. The number of aromatic nitrogens is 3. The summed E-state index contributed by atoms with van der Waals surface area (Å²) in [6.07, 6.45) is 5.52. The molecule has 0 saturated carbocycles. The van der Waals surface area contributed by atoms with E-state index in [1.807, 2.05) is 29.1 Å². The molecule has 2 aromatic rings. The first kappa shape index (κ1) is 7.03.